The highest BCUT2D eigenvalue weighted by Gasteiger charge is 2.23. The molecule has 122 valence electrons. The van der Waals surface area contributed by atoms with Gasteiger partial charge in [0, 0.05) is 5.66 Å². The van der Waals surface area contributed by atoms with E-state index in [4.69, 9.17) is 0 Å². The third-order valence-corrected chi connectivity index (χ3v) is 7.49. The zero-order chi connectivity index (χ0) is 17.1. The molecule has 1 atom stereocenters. The summed E-state index contributed by atoms with van der Waals surface area (Å²) >= 11 is 0. The third-order valence-electron chi connectivity index (χ3n) is 4.73. The Balaban J connectivity index is 1.87. The van der Waals surface area contributed by atoms with E-state index in [-0.39, 0.29) is 0 Å². The van der Waals surface area contributed by atoms with Gasteiger partial charge in [-0.25, -0.2) is 0 Å². The molecule has 0 radical (unpaired) electrons. The zero-order valence-corrected chi connectivity index (χ0v) is 15.2. The van der Waals surface area contributed by atoms with Crippen LogP contribution in [0.5, 0.6) is 0 Å². The molecule has 4 aromatic rings. The molecular weight excluding hydrogens is 319 g/mol. The van der Waals surface area contributed by atoms with E-state index in [1.807, 2.05) is 0 Å². The monoisotopic (exact) mass is 340 g/mol. The summed E-state index contributed by atoms with van der Waals surface area (Å²) in [5, 5.41) is 5.56. The van der Waals surface area contributed by atoms with Crippen molar-refractivity contribution in [2.24, 2.45) is 0 Å². The Hall–Kier alpha value is -2.43. The zero-order valence-electron chi connectivity index (χ0n) is 14.3. The van der Waals surface area contributed by atoms with E-state index in [0.717, 1.165) is 0 Å². The SMILES string of the molecule is C[C@H](c1cccc2ccccc12)P(c1ccccc1)c1ccccc1. The number of hydrogen-bond donors (Lipinski definition) is 0. The lowest BCUT2D eigenvalue weighted by Gasteiger charge is -2.27. The van der Waals surface area contributed by atoms with E-state index in [0.29, 0.717) is 5.66 Å². The molecule has 0 fully saturated rings. The van der Waals surface area contributed by atoms with Crippen molar-refractivity contribution in [3.63, 3.8) is 0 Å². The van der Waals surface area contributed by atoms with Crippen molar-refractivity contribution < 1.29 is 0 Å². The number of rotatable bonds is 4. The molecule has 0 aliphatic heterocycles. The standard InChI is InChI=1S/C24H21P/c1-19(23-18-10-12-20-11-8-9-17-24(20)23)25(21-13-4-2-5-14-21)22-15-6-3-7-16-22/h2-19H,1H3/t19-/m1/s1. The Bertz CT molecular complexity index is 916. The van der Waals surface area contributed by atoms with E-state index in [1.165, 1.54) is 26.9 Å². The van der Waals surface area contributed by atoms with Crippen LogP contribution in [0.25, 0.3) is 10.8 Å². The normalized spacial score (nSPS) is 12.4. The minimum atomic E-state index is -0.462. The maximum Gasteiger partial charge on any atom is 0.00998 e. The first-order valence-corrected chi connectivity index (χ1v) is 10.1. The molecule has 0 amide bonds. The van der Waals surface area contributed by atoms with E-state index in [1.54, 1.807) is 0 Å². The maximum absolute atomic E-state index is 2.38. The Kier molecular flexibility index (Phi) is 4.63. The minimum Gasteiger partial charge on any atom is -0.0622 e. The summed E-state index contributed by atoms with van der Waals surface area (Å²) in [7, 11) is -0.462. The van der Waals surface area contributed by atoms with Crippen LogP contribution in [0, 0.1) is 0 Å². The maximum atomic E-state index is 2.38. The van der Waals surface area contributed by atoms with Crippen molar-refractivity contribution in [3.8, 4) is 0 Å². The van der Waals surface area contributed by atoms with Gasteiger partial charge in [0.15, 0.2) is 0 Å². The van der Waals surface area contributed by atoms with Crippen LogP contribution in [0.15, 0.2) is 103 Å². The van der Waals surface area contributed by atoms with Crippen molar-refractivity contribution in [2.45, 2.75) is 12.6 Å². The second kappa shape index (κ2) is 7.21. The fourth-order valence-corrected chi connectivity index (χ4v) is 6.21. The van der Waals surface area contributed by atoms with E-state index < -0.39 is 7.92 Å². The Morgan fingerprint density at radius 1 is 0.560 bits per heavy atom. The van der Waals surface area contributed by atoms with Crippen LogP contribution in [0.4, 0.5) is 0 Å². The fourth-order valence-electron chi connectivity index (χ4n) is 3.53. The first-order chi connectivity index (χ1) is 12.3. The summed E-state index contributed by atoms with van der Waals surface area (Å²) in [4.78, 5) is 0. The van der Waals surface area contributed by atoms with E-state index in [9.17, 15) is 0 Å². The number of fused-ring (bicyclic) bond motifs is 1. The summed E-state index contributed by atoms with van der Waals surface area (Å²) < 4.78 is 0. The van der Waals surface area contributed by atoms with Crippen LogP contribution >= 0.6 is 7.92 Å². The Morgan fingerprint density at radius 2 is 1.08 bits per heavy atom. The highest BCUT2D eigenvalue weighted by molar-refractivity contribution is 7.73. The van der Waals surface area contributed by atoms with Crippen LogP contribution in [-0.4, -0.2) is 0 Å². The molecule has 1 heteroatoms. The predicted molar refractivity (Wildman–Crippen MR) is 111 cm³/mol. The van der Waals surface area contributed by atoms with Crippen molar-refractivity contribution in [1.82, 2.24) is 0 Å². The third kappa shape index (κ3) is 3.23. The lowest BCUT2D eigenvalue weighted by molar-refractivity contribution is 1.10. The summed E-state index contributed by atoms with van der Waals surface area (Å²) in [5.41, 5.74) is 1.89. The van der Waals surface area contributed by atoms with Gasteiger partial charge in [-0.15, -0.1) is 0 Å². The van der Waals surface area contributed by atoms with Crippen LogP contribution in [0.2, 0.25) is 0 Å². The van der Waals surface area contributed by atoms with Gasteiger partial charge in [-0.1, -0.05) is 110 Å². The molecule has 0 saturated heterocycles. The summed E-state index contributed by atoms with van der Waals surface area (Å²) in [5.74, 6) is 0. The molecule has 25 heavy (non-hydrogen) atoms. The molecular formula is C24H21P. The van der Waals surface area contributed by atoms with Crippen LogP contribution in [0.3, 0.4) is 0 Å². The van der Waals surface area contributed by atoms with E-state index in [2.05, 4.69) is 110 Å². The van der Waals surface area contributed by atoms with E-state index >= 15 is 0 Å². The van der Waals surface area contributed by atoms with Gasteiger partial charge in [0.1, 0.15) is 0 Å². The largest absolute Gasteiger partial charge is 0.0622 e. The molecule has 0 nitrogen and oxygen atoms in total. The van der Waals surface area contributed by atoms with Gasteiger partial charge < -0.3 is 0 Å². The highest BCUT2D eigenvalue weighted by atomic mass is 31.1. The first-order valence-electron chi connectivity index (χ1n) is 8.71. The van der Waals surface area contributed by atoms with Crippen LogP contribution in [0.1, 0.15) is 18.1 Å². The first kappa shape index (κ1) is 16.1. The molecule has 0 aromatic heterocycles. The quantitative estimate of drug-likeness (QED) is 0.398. The fraction of sp³-hybridized carbons (Fsp3) is 0.0833. The summed E-state index contributed by atoms with van der Waals surface area (Å²) in [6, 6.07) is 37.4. The minimum absolute atomic E-state index is 0.450. The predicted octanol–water partition coefficient (Wildman–Crippen LogP) is 6.03. The summed E-state index contributed by atoms with van der Waals surface area (Å²) in [6.07, 6.45) is 0. The average molecular weight is 340 g/mol. The number of benzene rings is 4. The number of hydrogen-bond acceptors (Lipinski definition) is 0. The Labute approximate surface area is 150 Å². The van der Waals surface area contributed by atoms with Gasteiger partial charge >= 0.3 is 0 Å². The topological polar surface area (TPSA) is 0 Å². The van der Waals surface area contributed by atoms with Gasteiger partial charge in [0.05, 0.1) is 0 Å². The van der Waals surface area contributed by atoms with Crippen molar-refractivity contribution in [2.75, 3.05) is 0 Å². The summed E-state index contributed by atoms with van der Waals surface area (Å²) in [6.45, 7) is 2.38. The van der Waals surface area contributed by atoms with Crippen molar-refractivity contribution >= 4 is 29.3 Å². The van der Waals surface area contributed by atoms with Crippen molar-refractivity contribution in [3.05, 3.63) is 109 Å². The molecule has 0 N–H and O–H groups in total. The van der Waals surface area contributed by atoms with Gasteiger partial charge in [0.25, 0.3) is 0 Å². The highest BCUT2D eigenvalue weighted by Crippen LogP contribution is 2.50. The molecule has 4 rings (SSSR count). The van der Waals surface area contributed by atoms with Gasteiger partial charge in [-0.3, -0.25) is 0 Å². The molecule has 0 unspecified atom stereocenters. The second-order valence-corrected chi connectivity index (χ2v) is 8.83. The lowest BCUT2D eigenvalue weighted by Crippen LogP contribution is -2.15. The van der Waals surface area contributed by atoms with Crippen molar-refractivity contribution in [1.29, 1.82) is 0 Å². The second-order valence-electron chi connectivity index (χ2n) is 6.29. The Morgan fingerprint density at radius 3 is 1.72 bits per heavy atom. The molecule has 0 heterocycles. The van der Waals surface area contributed by atoms with Crippen LogP contribution in [-0.2, 0) is 0 Å². The van der Waals surface area contributed by atoms with Crippen LogP contribution < -0.4 is 10.6 Å². The molecule has 0 aliphatic carbocycles. The molecule has 0 bridgehead atoms. The molecule has 0 saturated carbocycles. The van der Waals surface area contributed by atoms with Gasteiger partial charge in [-0.05, 0) is 34.9 Å². The smallest absolute Gasteiger partial charge is 0.00998 e. The average Bonchev–Trinajstić information content (AvgIpc) is 2.69. The van der Waals surface area contributed by atoms with Gasteiger partial charge in [0.2, 0.25) is 0 Å². The molecule has 0 spiro atoms. The van der Waals surface area contributed by atoms with Gasteiger partial charge in [-0.2, -0.15) is 0 Å². The molecule has 0 aliphatic rings. The lowest BCUT2D eigenvalue weighted by atomic mass is 10.0. The molecule has 4 aromatic carbocycles.